The van der Waals surface area contributed by atoms with Crippen molar-refractivity contribution < 1.29 is 0 Å². The molecule has 4 rings (SSSR count). The number of nitrogens with zero attached hydrogens (tertiary/aromatic N) is 7. The van der Waals surface area contributed by atoms with Gasteiger partial charge in [0.15, 0.2) is 0 Å². The third kappa shape index (κ3) is 6.47. The standard InChI is InChI=1S/C28H30N9/c1-19-17-22(33-32-21-11-8-12-23(18-21)37(2,3)4)13-14-24(19)34-36-26-16-15-25(27(29)28(26)30)35-31-20-9-6-5-7-10-20/h5-18H,29-30H2,1-4H3/q+1. The lowest BCUT2D eigenvalue weighted by atomic mass is 10.2. The van der Waals surface area contributed by atoms with E-state index in [-0.39, 0.29) is 0 Å². The fourth-order valence-corrected chi connectivity index (χ4v) is 3.40. The van der Waals surface area contributed by atoms with E-state index in [0.29, 0.717) is 32.9 Å². The third-order valence-electron chi connectivity index (χ3n) is 5.60. The molecule has 0 fully saturated rings. The summed E-state index contributed by atoms with van der Waals surface area (Å²) in [6.45, 7) is 1.94. The van der Waals surface area contributed by atoms with E-state index in [1.807, 2.05) is 73.7 Å². The molecule has 0 atom stereocenters. The lowest BCUT2D eigenvalue weighted by Gasteiger charge is -2.23. The predicted octanol–water partition coefficient (Wildman–Crippen LogP) is 8.60. The second-order valence-electron chi connectivity index (χ2n) is 9.37. The van der Waals surface area contributed by atoms with Gasteiger partial charge in [-0.3, -0.25) is 4.48 Å². The van der Waals surface area contributed by atoms with Crippen LogP contribution in [0.5, 0.6) is 0 Å². The van der Waals surface area contributed by atoms with Crippen molar-refractivity contribution in [2.45, 2.75) is 6.92 Å². The van der Waals surface area contributed by atoms with Gasteiger partial charge in [0.25, 0.3) is 0 Å². The van der Waals surface area contributed by atoms with Crippen molar-refractivity contribution in [3.63, 3.8) is 0 Å². The van der Waals surface area contributed by atoms with E-state index < -0.39 is 0 Å². The van der Waals surface area contributed by atoms with Gasteiger partial charge in [0.05, 0.1) is 55.3 Å². The van der Waals surface area contributed by atoms with Gasteiger partial charge in [-0.15, -0.1) is 10.2 Å². The summed E-state index contributed by atoms with van der Waals surface area (Å²) in [6, 6.07) is 26.5. The summed E-state index contributed by atoms with van der Waals surface area (Å²) >= 11 is 0. The van der Waals surface area contributed by atoms with Gasteiger partial charge in [0.2, 0.25) is 0 Å². The molecule has 0 aliphatic carbocycles. The van der Waals surface area contributed by atoms with E-state index in [9.17, 15) is 0 Å². The first-order valence-electron chi connectivity index (χ1n) is 11.7. The van der Waals surface area contributed by atoms with Crippen molar-refractivity contribution in [1.82, 2.24) is 4.48 Å². The highest BCUT2D eigenvalue weighted by Gasteiger charge is 2.12. The van der Waals surface area contributed by atoms with E-state index in [0.717, 1.165) is 28.3 Å². The number of azo groups is 3. The zero-order valence-electron chi connectivity index (χ0n) is 21.4. The first-order chi connectivity index (χ1) is 17.7. The molecule has 0 aliphatic rings. The van der Waals surface area contributed by atoms with Crippen LogP contribution in [0, 0.1) is 6.92 Å². The van der Waals surface area contributed by atoms with Gasteiger partial charge in [0.1, 0.15) is 17.1 Å². The molecule has 186 valence electrons. The minimum atomic E-state index is 0.299. The Hall–Kier alpha value is -4.76. The molecule has 4 aromatic rings. The van der Waals surface area contributed by atoms with Crippen LogP contribution < -0.4 is 16.0 Å². The van der Waals surface area contributed by atoms with E-state index in [1.165, 1.54) is 0 Å². The highest BCUT2D eigenvalue weighted by atomic mass is 15.3. The van der Waals surface area contributed by atoms with Crippen LogP contribution in [0.1, 0.15) is 5.56 Å². The van der Waals surface area contributed by atoms with E-state index in [4.69, 9.17) is 11.5 Å². The number of nitrogen functional groups attached to an aromatic ring is 2. The number of hydrogen-bond acceptors (Lipinski definition) is 8. The summed E-state index contributed by atoms with van der Waals surface area (Å²) in [5.41, 5.74) is 18.9. The van der Waals surface area contributed by atoms with Gasteiger partial charge < -0.3 is 11.5 Å². The van der Waals surface area contributed by atoms with Crippen molar-refractivity contribution in [2.75, 3.05) is 32.6 Å². The van der Waals surface area contributed by atoms with Crippen molar-refractivity contribution in [3.8, 4) is 0 Å². The summed E-state index contributed by atoms with van der Waals surface area (Å²) in [5, 5.41) is 25.8. The summed E-state index contributed by atoms with van der Waals surface area (Å²) in [4.78, 5) is 0. The maximum absolute atomic E-state index is 6.20. The molecule has 0 radical (unpaired) electrons. The Balaban J connectivity index is 1.48. The van der Waals surface area contributed by atoms with E-state index in [2.05, 4.69) is 57.9 Å². The number of nitrogens with two attached hydrogens (primary N) is 2. The number of hydrogen-bond donors (Lipinski definition) is 2. The highest BCUT2D eigenvalue weighted by molar-refractivity contribution is 5.85. The molecule has 0 unspecified atom stereocenters. The summed E-state index contributed by atoms with van der Waals surface area (Å²) in [6.07, 6.45) is 0. The SMILES string of the molecule is Cc1cc(N=Nc2cccc([N+](C)(C)C)c2)ccc1N=Nc1ccc(N=Nc2ccccc2)c(N)c1N. The zero-order valence-corrected chi connectivity index (χ0v) is 21.4. The molecule has 37 heavy (non-hydrogen) atoms. The van der Waals surface area contributed by atoms with E-state index in [1.54, 1.807) is 12.1 Å². The zero-order chi connectivity index (χ0) is 26.4. The number of aryl methyl sites for hydroxylation is 1. The van der Waals surface area contributed by atoms with Gasteiger partial charge >= 0.3 is 0 Å². The predicted molar refractivity (Wildman–Crippen MR) is 151 cm³/mol. The first kappa shape index (κ1) is 25.3. The number of anilines is 2. The average Bonchev–Trinajstić information content (AvgIpc) is 2.89. The lowest BCUT2D eigenvalue weighted by Crippen LogP contribution is -2.34. The smallest absolute Gasteiger partial charge is 0.134 e. The van der Waals surface area contributed by atoms with Crippen LogP contribution in [0.25, 0.3) is 0 Å². The van der Waals surface area contributed by atoms with Crippen LogP contribution >= 0.6 is 0 Å². The molecule has 0 amide bonds. The second-order valence-corrected chi connectivity index (χ2v) is 9.37. The third-order valence-corrected chi connectivity index (χ3v) is 5.60. The topological polar surface area (TPSA) is 126 Å². The molecule has 4 aromatic carbocycles. The van der Waals surface area contributed by atoms with Gasteiger partial charge in [-0.2, -0.15) is 20.5 Å². The number of benzene rings is 4. The minimum Gasteiger partial charge on any atom is -0.395 e. The fraction of sp³-hybridized carbons (Fsp3) is 0.143. The summed E-state index contributed by atoms with van der Waals surface area (Å²) in [7, 11) is 6.33. The molecular weight excluding hydrogens is 462 g/mol. The Bertz CT molecular complexity index is 1480. The van der Waals surface area contributed by atoms with Crippen molar-refractivity contribution in [2.24, 2.45) is 30.7 Å². The van der Waals surface area contributed by atoms with Crippen molar-refractivity contribution in [3.05, 3.63) is 90.5 Å². The van der Waals surface area contributed by atoms with Gasteiger partial charge in [-0.1, -0.05) is 24.3 Å². The van der Waals surface area contributed by atoms with Crippen LogP contribution in [0.15, 0.2) is 116 Å². The maximum Gasteiger partial charge on any atom is 0.134 e. The normalized spacial score (nSPS) is 12.2. The molecule has 0 aromatic heterocycles. The highest BCUT2D eigenvalue weighted by Crippen LogP contribution is 2.37. The molecule has 0 heterocycles. The molecule has 0 spiro atoms. The Kier molecular flexibility index (Phi) is 7.45. The quantitative estimate of drug-likeness (QED) is 0.152. The fourth-order valence-electron chi connectivity index (χ4n) is 3.40. The molecule has 9 nitrogen and oxygen atoms in total. The minimum absolute atomic E-state index is 0.299. The van der Waals surface area contributed by atoms with Gasteiger partial charge in [-0.25, -0.2) is 0 Å². The summed E-state index contributed by atoms with van der Waals surface area (Å²) < 4.78 is 0.707. The molecule has 0 bridgehead atoms. The average molecular weight is 493 g/mol. The Morgan fingerprint density at radius 2 is 1.03 bits per heavy atom. The monoisotopic (exact) mass is 492 g/mol. The van der Waals surface area contributed by atoms with Crippen LogP contribution in [0.4, 0.5) is 51.2 Å². The Morgan fingerprint density at radius 3 is 1.65 bits per heavy atom. The van der Waals surface area contributed by atoms with E-state index >= 15 is 0 Å². The summed E-state index contributed by atoms with van der Waals surface area (Å²) in [5.74, 6) is 0. The molecule has 0 aliphatic heterocycles. The van der Waals surface area contributed by atoms with Gasteiger partial charge in [0, 0.05) is 6.07 Å². The van der Waals surface area contributed by atoms with Crippen molar-refractivity contribution in [1.29, 1.82) is 0 Å². The van der Waals surface area contributed by atoms with Gasteiger partial charge in [-0.05, 0) is 67.1 Å². The van der Waals surface area contributed by atoms with Crippen LogP contribution in [-0.4, -0.2) is 21.1 Å². The number of rotatable bonds is 7. The Morgan fingerprint density at radius 1 is 0.514 bits per heavy atom. The lowest BCUT2D eigenvalue weighted by molar-refractivity contribution is 0.486. The Labute approximate surface area is 216 Å². The molecule has 0 saturated heterocycles. The van der Waals surface area contributed by atoms with Crippen molar-refractivity contribution >= 4 is 51.2 Å². The molecular formula is C28H30N9+. The molecule has 0 saturated carbocycles. The molecule has 4 N–H and O–H groups in total. The molecule has 9 heteroatoms. The van der Waals surface area contributed by atoms with Crippen LogP contribution in [-0.2, 0) is 0 Å². The largest absolute Gasteiger partial charge is 0.395 e. The maximum atomic E-state index is 6.20. The van der Waals surface area contributed by atoms with Crippen LogP contribution in [0.2, 0.25) is 0 Å². The first-order valence-corrected chi connectivity index (χ1v) is 11.7. The number of quaternary nitrogens is 1. The second kappa shape index (κ2) is 10.9. The van der Waals surface area contributed by atoms with Crippen LogP contribution in [0.3, 0.4) is 0 Å².